The van der Waals surface area contributed by atoms with E-state index >= 15 is 0 Å². The zero-order valence-electron chi connectivity index (χ0n) is 7.08. The van der Waals surface area contributed by atoms with E-state index in [1.54, 1.807) is 18.2 Å². The van der Waals surface area contributed by atoms with Gasteiger partial charge in [-0.3, -0.25) is 0 Å². The first-order chi connectivity index (χ1) is 6.29. The number of methoxy groups -OCH3 is 1. The first-order valence-corrected chi connectivity index (χ1v) is 3.97. The van der Waals surface area contributed by atoms with Crippen molar-refractivity contribution >= 4 is 11.6 Å². The molecule has 0 aromatic heterocycles. The van der Waals surface area contributed by atoms with Crippen LogP contribution in [0.2, 0.25) is 5.02 Å². The molecule has 0 aliphatic rings. The molecule has 0 amide bonds. The number of halogens is 1. The van der Waals surface area contributed by atoms with Crippen LogP contribution in [0.25, 0.3) is 0 Å². The molecule has 1 aromatic carbocycles. The van der Waals surface area contributed by atoms with Crippen molar-refractivity contribution in [2.45, 2.75) is 0 Å². The molecule has 1 aromatic rings. The smallest absolute Gasteiger partial charge is 0.188 e. The van der Waals surface area contributed by atoms with Crippen molar-refractivity contribution in [2.75, 3.05) is 13.9 Å². The predicted octanol–water partition coefficient (Wildman–Crippen LogP) is 2.19. The number of nitrogens with zero attached hydrogens (tertiary/aromatic N) is 1. The fourth-order valence-electron chi connectivity index (χ4n) is 0.861. The second-order valence-corrected chi connectivity index (χ2v) is 2.69. The maximum absolute atomic E-state index is 8.71. The molecule has 0 saturated heterocycles. The Bertz CT molecular complexity index is 333. The van der Waals surface area contributed by atoms with Crippen molar-refractivity contribution in [2.24, 2.45) is 0 Å². The molecule has 0 radical (unpaired) electrons. The van der Waals surface area contributed by atoms with Gasteiger partial charge in [0.2, 0.25) is 0 Å². The molecule has 0 unspecified atom stereocenters. The largest absolute Gasteiger partial charge is 0.465 e. The third kappa shape index (κ3) is 2.35. The van der Waals surface area contributed by atoms with Crippen molar-refractivity contribution in [1.29, 1.82) is 5.26 Å². The van der Waals surface area contributed by atoms with Crippen LogP contribution in [0.1, 0.15) is 5.56 Å². The molecule has 0 atom stereocenters. The summed E-state index contributed by atoms with van der Waals surface area (Å²) in [4.78, 5) is 0. The topological polar surface area (TPSA) is 42.2 Å². The molecular weight excluding hydrogens is 190 g/mol. The van der Waals surface area contributed by atoms with Crippen LogP contribution >= 0.6 is 11.6 Å². The number of para-hydroxylation sites is 1. The predicted molar refractivity (Wildman–Crippen MR) is 48.7 cm³/mol. The normalized spacial score (nSPS) is 9.31. The lowest BCUT2D eigenvalue weighted by atomic mass is 10.2. The summed E-state index contributed by atoms with van der Waals surface area (Å²) >= 11 is 5.81. The van der Waals surface area contributed by atoms with Crippen LogP contribution < -0.4 is 4.74 Å². The second-order valence-electron chi connectivity index (χ2n) is 2.28. The molecule has 13 heavy (non-hydrogen) atoms. The Morgan fingerprint density at radius 1 is 1.54 bits per heavy atom. The van der Waals surface area contributed by atoms with Gasteiger partial charge < -0.3 is 9.47 Å². The lowest BCUT2D eigenvalue weighted by molar-refractivity contribution is 0.0510. The first kappa shape index (κ1) is 9.85. The van der Waals surface area contributed by atoms with Crippen molar-refractivity contribution in [3.63, 3.8) is 0 Å². The van der Waals surface area contributed by atoms with Gasteiger partial charge in [0.25, 0.3) is 0 Å². The molecule has 0 aliphatic heterocycles. The average molecular weight is 198 g/mol. The molecule has 0 heterocycles. The molecule has 4 heteroatoms. The van der Waals surface area contributed by atoms with Crippen LogP contribution in [0.5, 0.6) is 5.75 Å². The number of hydrogen-bond acceptors (Lipinski definition) is 3. The maximum Gasteiger partial charge on any atom is 0.188 e. The van der Waals surface area contributed by atoms with Crippen LogP contribution in [0.4, 0.5) is 0 Å². The maximum atomic E-state index is 8.71. The van der Waals surface area contributed by atoms with Crippen molar-refractivity contribution in [1.82, 2.24) is 0 Å². The molecule has 1 rings (SSSR count). The Morgan fingerprint density at radius 3 is 2.92 bits per heavy atom. The van der Waals surface area contributed by atoms with Gasteiger partial charge in [-0.1, -0.05) is 17.7 Å². The van der Waals surface area contributed by atoms with Gasteiger partial charge in [0.15, 0.2) is 12.5 Å². The summed E-state index contributed by atoms with van der Waals surface area (Å²) in [5.41, 5.74) is 0.407. The molecule has 0 saturated carbocycles. The van der Waals surface area contributed by atoms with Gasteiger partial charge in [0.05, 0.1) is 10.6 Å². The monoisotopic (exact) mass is 197 g/mol. The average Bonchev–Trinajstić information content (AvgIpc) is 2.15. The Morgan fingerprint density at radius 2 is 2.31 bits per heavy atom. The number of nitriles is 1. The van der Waals surface area contributed by atoms with Gasteiger partial charge in [-0.2, -0.15) is 5.26 Å². The molecule has 0 bridgehead atoms. The standard InChI is InChI=1S/C9H8ClNO2/c1-12-6-13-9-7(5-11)3-2-4-8(9)10/h2-4H,6H2,1H3. The van der Waals surface area contributed by atoms with E-state index in [0.29, 0.717) is 16.3 Å². The Kier molecular flexibility index (Phi) is 3.56. The van der Waals surface area contributed by atoms with Crippen LogP contribution in [0.3, 0.4) is 0 Å². The van der Waals surface area contributed by atoms with E-state index in [1.807, 2.05) is 6.07 Å². The van der Waals surface area contributed by atoms with Crippen LogP contribution in [-0.2, 0) is 4.74 Å². The van der Waals surface area contributed by atoms with E-state index in [9.17, 15) is 0 Å². The lowest BCUT2D eigenvalue weighted by Gasteiger charge is -2.07. The molecule has 0 aliphatic carbocycles. The van der Waals surface area contributed by atoms with Crippen molar-refractivity contribution in [3.8, 4) is 11.8 Å². The minimum atomic E-state index is 0.0818. The minimum absolute atomic E-state index is 0.0818. The summed E-state index contributed by atoms with van der Waals surface area (Å²) in [5.74, 6) is 0.369. The Hall–Kier alpha value is -1.24. The molecular formula is C9H8ClNO2. The van der Waals surface area contributed by atoms with Gasteiger partial charge in [-0.25, -0.2) is 0 Å². The fourth-order valence-corrected chi connectivity index (χ4v) is 1.09. The van der Waals surface area contributed by atoms with Crippen LogP contribution in [0, 0.1) is 11.3 Å². The molecule has 0 N–H and O–H groups in total. The van der Waals surface area contributed by atoms with Crippen molar-refractivity contribution < 1.29 is 9.47 Å². The highest BCUT2D eigenvalue weighted by molar-refractivity contribution is 6.32. The fraction of sp³-hybridized carbons (Fsp3) is 0.222. The highest BCUT2D eigenvalue weighted by atomic mass is 35.5. The van der Waals surface area contributed by atoms with Crippen molar-refractivity contribution in [3.05, 3.63) is 28.8 Å². The zero-order chi connectivity index (χ0) is 9.68. The summed E-state index contributed by atoms with van der Waals surface area (Å²) < 4.78 is 9.84. The number of hydrogen-bond donors (Lipinski definition) is 0. The van der Waals surface area contributed by atoms with Crippen LogP contribution in [0.15, 0.2) is 18.2 Å². The summed E-state index contributed by atoms with van der Waals surface area (Å²) in [5, 5.41) is 9.13. The van der Waals surface area contributed by atoms with E-state index in [1.165, 1.54) is 7.11 Å². The van der Waals surface area contributed by atoms with E-state index in [2.05, 4.69) is 0 Å². The lowest BCUT2D eigenvalue weighted by Crippen LogP contribution is -2.00. The Labute approximate surface area is 81.4 Å². The van der Waals surface area contributed by atoms with Gasteiger partial charge in [0, 0.05) is 7.11 Å². The van der Waals surface area contributed by atoms with Gasteiger partial charge in [-0.15, -0.1) is 0 Å². The highest BCUT2D eigenvalue weighted by Crippen LogP contribution is 2.27. The highest BCUT2D eigenvalue weighted by Gasteiger charge is 2.06. The third-order valence-corrected chi connectivity index (χ3v) is 1.71. The second kappa shape index (κ2) is 4.70. The molecule has 0 spiro atoms. The van der Waals surface area contributed by atoms with Gasteiger partial charge in [0.1, 0.15) is 6.07 Å². The summed E-state index contributed by atoms with van der Waals surface area (Å²) in [6, 6.07) is 6.97. The van der Waals surface area contributed by atoms with E-state index < -0.39 is 0 Å². The van der Waals surface area contributed by atoms with E-state index in [0.717, 1.165) is 0 Å². The zero-order valence-corrected chi connectivity index (χ0v) is 7.84. The first-order valence-electron chi connectivity index (χ1n) is 3.60. The van der Waals surface area contributed by atoms with Crippen LogP contribution in [-0.4, -0.2) is 13.9 Å². The number of benzene rings is 1. The number of ether oxygens (including phenoxy) is 2. The van der Waals surface area contributed by atoms with E-state index in [-0.39, 0.29) is 6.79 Å². The van der Waals surface area contributed by atoms with Gasteiger partial charge in [-0.05, 0) is 12.1 Å². The third-order valence-electron chi connectivity index (χ3n) is 1.41. The molecule has 3 nitrogen and oxygen atoms in total. The van der Waals surface area contributed by atoms with E-state index in [4.69, 9.17) is 26.3 Å². The Balaban J connectivity index is 2.95. The summed E-state index contributed by atoms with van der Waals surface area (Å²) in [6.07, 6.45) is 0. The summed E-state index contributed by atoms with van der Waals surface area (Å²) in [6.45, 7) is 0.0818. The quantitative estimate of drug-likeness (QED) is 0.698. The summed E-state index contributed by atoms with van der Waals surface area (Å²) in [7, 11) is 1.50. The van der Waals surface area contributed by atoms with Gasteiger partial charge >= 0.3 is 0 Å². The SMILES string of the molecule is COCOc1c(Cl)cccc1C#N. The molecule has 68 valence electrons. The molecule has 0 fully saturated rings. The number of rotatable bonds is 3. The minimum Gasteiger partial charge on any atom is -0.465 e.